The number of esters is 1. The van der Waals surface area contributed by atoms with Gasteiger partial charge in [-0.25, -0.2) is 4.79 Å². The fourth-order valence-electron chi connectivity index (χ4n) is 1.31. The number of methoxy groups -OCH3 is 1. The number of ketones is 1. The highest BCUT2D eigenvalue weighted by molar-refractivity contribution is 6.34. The molecular weight excluding hydrogens is 268 g/mol. The topological polar surface area (TPSA) is 52.6 Å². The summed E-state index contributed by atoms with van der Waals surface area (Å²) in [5, 5.41) is 0.285. The van der Waals surface area contributed by atoms with Crippen molar-refractivity contribution in [1.82, 2.24) is 0 Å². The predicted octanol–water partition coefficient (Wildman–Crippen LogP) is 3.04. The zero-order valence-electron chi connectivity index (χ0n) is 10.8. The first-order valence-electron chi connectivity index (χ1n) is 5.81. The van der Waals surface area contributed by atoms with E-state index >= 15 is 0 Å². The van der Waals surface area contributed by atoms with E-state index in [0.29, 0.717) is 17.9 Å². The minimum absolute atomic E-state index is 0.285. The Morgan fingerprint density at radius 3 is 2.63 bits per heavy atom. The van der Waals surface area contributed by atoms with Gasteiger partial charge in [0, 0.05) is 11.6 Å². The molecule has 0 amide bonds. The number of allylic oxidation sites excluding steroid dienone is 1. The number of benzene rings is 1. The van der Waals surface area contributed by atoms with Crippen LogP contribution in [0.4, 0.5) is 0 Å². The summed E-state index contributed by atoms with van der Waals surface area (Å²) in [4.78, 5) is 22.7. The van der Waals surface area contributed by atoms with E-state index in [4.69, 9.17) is 16.3 Å². The van der Waals surface area contributed by atoms with Gasteiger partial charge in [0.2, 0.25) is 0 Å². The summed E-state index contributed by atoms with van der Waals surface area (Å²) in [5.41, 5.74) is 0.311. The van der Waals surface area contributed by atoms with E-state index in [1.165, 1.54) is 7.11 Å². The highest BCUT2D eigenvalue weighted by atomic mass is 35.5. The maximum atomic E-state index is 11.8. The molecule has 19 heavy (non-hydrogen) atoms. The lowest BCUT2D eigenvalue weighted by Crippen LogP contribution is -2.01. The maximum Gasteiger partial charge on any atom is 0.330 e. The van der Waals surface area contributed by atoms with Gasteiger partial charge in [-0.3, -0.25) is 4.79 Å². The van der Waals surface area contributed by atoms with Gasteiger partial charge in [0.15, 0.2) is 5.78 Å². The van der Waals surface area contributed by atoms with Crippen LogP contribution in [0, 0.1) is 0 Å². The maximum absolute atomic E-state index is 11.8. The van der Waals surface area contributed by atoms with E-state index in [2.05, 4.69) is 4.74 Å². The Hall–Kier alpha value is -1.81. The summed E-state index contributed by atoms with van der Waals surface area (Å²) in [6.07, 6.45) is 3.07. The van der Waals surface area contributed by atoms with Crippen molar-refractivity contribution < 1.29 is 19.1 Å². The molecule has 1 rings (SSSR count). The van der Waals surface area contributed by atoms with Crippen LogP contribution >= 0.6 is 11.6 Å². The normalized spacial score (nSPS) is 10.5. The van der Waals surface area contributed by atoms with E-state index in [0.717, 1.165) is 18.6 Å². The predicted molar refractivity (Wildman–Crippen MR) is 72.7 cm³/mol. The van der Waals surface area contributed by atoms with E-state index in [1.807, 2.05) is 6.92 Å². The molecule has 0 fully saturated rings. The van der Waals surface area contributed by atoms with Crippen molar-refractivity contribution in [3.8, 4) is 5.75 Å². The van der Waals surface area contributed by atoms with Crippen molar-refractivity contribution >= 4 is 23.4 Å². The van der Waals surface area contributed by atoms with Gasteiger partial charge < -0.3 is 9.47 Å². The van der Waals surface area contributed by atoms with Crippen LogP contribution in [-0.2, 0) is 9.53 Å². The Kier molecular flexibility index (Phi) is 6.09. The third-order valence-electron chi connectivity index (χ3n) is 2.25. The Labute approximate surface area is 117 Å². The van der Waals surface area contributed by atoms with Crippen molar-refractivity contribution in [3.05, 3.63) is 40.9 Å². The molecule has 0 aliphatic carbocycles. The van der Waals surface area contributed by atoms with Gasteiger partial charge in [-0.05, 0) is 30.7 Å². The van der Waals surface area contributed by atoms with E-state index in [1.54, 1.807) is 18.2 Å². The summed E-state index contributed by atoms with van der Waals surface area (Å²) in [5.74, 6) is -0.342. The van der Waals surface area contributed by atoms with Gasteiger partial charge in [-0.1, -0.05) is 18.5 Å². The molecular formula is C14H15ClO4. The molecule has 0 bridgehead atoms. The van der Waals surface area contributed by atoms with Crippen LogP contribution in [0.1, 0.15) is 23.7 Å². The Balaban J connectivity index is 2.81. The van der Waals surface area contributed by atoms with Gasteiger partial charge in [-0.15, -0.1) is 0 Å². The summed E-state index contributed by atoms with van der Waals surface area (Å²) >= 11 is 6.00. The fraction of sp³-hybridized carbons (Fsp3) is 0.286. The third-order valence-corrected chi connectivity index (χ3v) is 2.56. The minimum atomic E-state index is -0.590. The first-order valence-corrected chi connectivity index (χ1v) is 6.19. The fourth-order valence-corrected chi connectivity index (χ4v) is 1.57. The van der Waals surface area contributed by atoms with Crippen LogP contribution in [0.2, 0.25) is 5.02 Å². The smallest absolute Gasteiger partial charge is 0.330 e. The monoisotopic (exact) mass is 282 g/mol. The molecule has 0 aromatic heterocycles. The lowest BCUT2D eigenvalue weighted by molar-refractivity contribution is -0.134. The molecule has 1 aromatic carbocycles. The van der Waals surface area contributed by atoms with Crippen LogP contribution in [0.25, 0.3) is 0 Å². The quantitative estimate of drug-likeness (QED) is 0.457. The summed E-state index contributed by atoms with van der Waals surface area (Å²) in [6, 6.07) is 4.81. The Morgan fingerprint density at radius 2 is 2.05 bits per heavy atom. The molecule has 0 unspecified atom stereocenters. The minimum Gasteiger partial charge on any atom is -0.494 e. The second-order valence-electron chi connectivity index (χ2n) is 3.71. The van der Waals surface area contributed by atoms with Crippen molar-refractivity contribution in [2.75, 3.05) is 13.7 Å². The highest BCUT2D eigenvalue weighted by Gasteiger charge is 2.09. The standard InChI is InChI=1S/C14H15ClO4/c1-3-8-19-10-4-5-11(12(15)9-10)13(16)6-7-14(17)18-2/h4-7,9H,3,8H2,1-2H3/b7-6+. The zero-order valence-corrected chi connectivity index (χ0v) is 11.6. The van der Waals surface area contributed by atoms with Crippen molar-refractivity contribution in [3.63, 3.8) is 0 Å². The third kappa shape index (κ3) is 4.75. The van der Waals surface area contributed by atoms with Crippen LogP contribution in [0.3, 0.4) is 0 Å². The molecule has 0 saturated carbocycles. The molecule has 1 aromatic rings. The molecule has 0 aliphatic rings. The first-order chi connectivity index (χ1) is 9.08. The summed E-state index contributed by atoms with van der Waals surface area (Å²) in [6.45, 7) is 2.59. The lowest BCUT2D eigenvalue weighted by Gasteiger charge is -2.06. The first kappa shape index (κ1) is 15.2. The largest absolute Gasteiger partial charge is 0.494 e. The number of carbonyl (C=O) groups is 2. The molecule has 5 heteroatoms. The van der Waals surface area contributed by atoms with Crippen LogP contribution in [-0.4, -0.2) is 25.5 Å². The zero-order chi connectivity index (χ0) is 14.3. The van der Waals surface area contributed by atoms with Crippen molar-refractivity contribution in [2.45, 2.75) is 13.3 Å². The average Bonchev–Trinajstić information content (AvgIpc) is 2.42. The van der Waals surface area contributed by atoms with Gasteiger partial charge in [0.1, 0.15) is 5.75 Å². The summed E-state index contributed by atoms with van der Waals surface area (Å²) in [7, 11) is 1.24. The van der Waals surface area contributed by atoms with E-state index in [-0.39, 0.29) is 10.8 Å². The van der Waals surface area contributed by atoms with Crippen LogP contribution in [0.15, 0.2) is 30.4 Å². The van der Waals surface area contributed by atoms with Crippen molar-refractivity contribution in [1.29, 1.82) is 0 Å². The molecule has 102 valence electrons. The average molecular weight is 283 g/mol. The van der Waals surface area contributed by atoms with E-state index in [9.17, 15) is 9.59 Å². The molecule has 0 aliphatic heterocycles. The molecule has 0 N–H and O–H groups in total. The lowest BCUT2D eigenvalue weighted by atomic mass is 10.1. The molecule has 0 spiro atoms. The van der Waals surface area contributed by atoms with Crippen LogP contribution in [0.5, 0.6) is 5.75 Å². The Morgan fingerprint density at radius 1 is 1.32 bits per heavy atom. The number of rotatable bonds is 6. The van der Waals surface area contributed by atoms with E-state index < -0.39 is 5.97 Å². The molecule has 0 atom stereocenters. The highest BCUT2D eigenvalue weighted by Crippen LogP contribution is 2.23. The second-order valence-corrected chi connectivity index (χ2v) is 4.12. The second kappa shape index (κ2) is 7.59. The Bertz CT molecular complexity index is 494. The molecule has 0 saturated heterocycles. The van der Waals surface area contributed by atoms with Crippen LogP contribution < -0.4 is 4.74 Å². The van der Waals surface area contributed by atoms with Gasteiger partial charge in [0.05, 0.1) is 18.7 Å². The molecule has 0 radical (unpaired) electrons. The van der Waals surface area contributed by atoms with Gasteiger partial charge in [0.25, 0.3) is 0 Å². The number of ether oxygens (including phenoxy) is 2. The number of hydrogen-bond donors (Lipinski definition) is 0. The molecule has 4 nitrogen and oxygen atoms in total. The van der Waals surface area contributed by atoms with Gasteiger partial charge >= 0.3 is 5.97 Å². The SMILES string of the molecule is CCCOc1ccc(C(=O)/C=C/C(=O)OC)c(Cl)c1. The summed E-state index contributed by atoms with van der Waals surface area (Å²) < 4.78 is 9.80. The number of hydrogen-bond acceptors (Lipinski definition) is 4. The van der Waals surface area contributed by atoms with Gasteiger partial charge in [-0.2, -0.15) is 0 Å². The number of halogens is 1. The van der Waals surface area contributed by atoms with Crippen molar-refractivity contribution in [2.24, 2.45) is 0 Å². The number of carbonyl (C=O) groups excluding carboxylic acids is 2. The molecule has 0 heterocycles.